The highest BCUT2D eigenvalue weighted by Gasteiger charge is 2.19. The summed E-state index contributed by atoms with van der Waals surface area (Å²) >= 11 is 1.36. The van der Waals surface area contributed by atoms with Crippen LogP contribution in [0, 0.1) is 6.92 Å². The third-order valence-corrected chi connectivity index (χ3v) is 4.52. The maximum atomic E-state index is 12.2. The van der Waals surface area contributed by atoms with E-state index in [1.807, 2.05) is 32.0 Å². The highest BCUT2D eigenvalue weighted by Crippen LogP contribution is 2.34. The Morgan fingerprint density at radius 2 is 2.00 bits per heavy atom. The third-order valence-electron chi connectivity index (χ3n) is 3.20. The molecule has 2 aromatic rings. The Morgan fingerprint density at radius 1 is 1.25 bits per heavy atom. The second-order valence-corrected chi connectivity index (χ2v) is 5.65. The number of ether oxygens (including phenoxy) is 1. The van der Waals surface area contributed by atoms with Crippen LogP contribution in [-0.4, -0.2) is 18.4 Å². The monoisotopic (exact) mass is 290 g/mol. The Bertz CT molecular complexity index is 655. The number of benzene rings is 1. The predicted molar refractivity (Wildman–Crippen MR) is 81.8 cm³/mol. The van der Waals surface area contributed by atoms with Gasteiger partial charge in [-0.2, -0.15) is 0 Å². The summed E-state index contributed by atoms with van der Waals surface area (Å²) < 4.78 is 5.97. The zero-order valence-corrected chi connectivity index (χ0v) is 12.8. The molecule has 0 aliphatic rings. The number of carbonyl (C=O) groups is 2. The molecule has 0 amide bonds. The summed E-state index contributed by atoms with van der Waals surface area (Å²) in [6, 6.07) is 5.66. The lowest BCUT2D eigenvalue weighted by Gasteiger charge is -2.00. The van der Waals surface area contributed by atoms with Crippen LogP contribution in [-0.2, 0) is 4.74 Å². The van der Waals surface area contributed by atoms with E-state index in [0.29, 0.717) is 23.5 Å². The first-order valence-electron chi connectivity index (χ1n) is 6.82. The van der Waals surface area contributed by atoms with Gasteiger partial charge in [0.25, 0.3) is 0 Å². The summed E-state index contributed by atoms with van der Waals surface area (Å²) in [7, 11) is 0. The lowest BCUT2D eigenvalue weighted by Crippen LogP contribution is -2.03. The van der Waals surface area contributed by atoms with Crippen molar-refractivity contribution >= 4 is 33.2 Å². The summed E-state index contributed by atoms with van der Waals surface area (Å²) in [5.41, 5.74) is 1.61. The fourth-order valence-corrected chi connectivity index (χ4v) is 3.45. The van der Waals surface area contributed by atoms with Crippen LogP contribution in [0.25, 0.3) is 10.1 Å². The molecule has 0 atom stereocenters. The maximum Gasteiger partial charge on any atom is 0.348 e. The maximum absolute atomic E-state index is 12.2. The lowest BCUT2D eigenvalue weighted by atomic mass is 10.0. The summed E-state index contributed by atoms with van der Waals surface area (Å²) in [6.45, 7) is 6.03. The molecule has 0 aliphatic heterocycles. The van der Waals surface area contributed by atoms with Crippen LogP contribution in [0.15, 0.2) is 18.2 Å². The molecule has 1 heterocycles. The molecule has 0 unspecified atom stereocenters. The molecular weight excluding hydrogens is 272 g/mol. The molecule has 0 radical (unpaired) electrons. The number of rotatable bonds is 5. The van der Waals surface area contributed by atoms with Crippen LogP contribution in [0.1, 0.15) is 52.3 Å². The lowest BCUT2D eigenvalue weighted by molar-refractivity contribution is 0.0531. The molecule has 0 saturated heterocycles. The van der Waals surface area contributed by atoms with Crippen LogP contribution in [0.3, 0.4) is 0 Å². The van der Waals surface area contributed by atoms with E-state index in [2.05, 4.69) is 0 Å². The molecule has 1 aromatic heterocycles. The van der Waals surface area contributed by atoms with Gasteiger partial charge in [-0.3, -0.25) is 4.79 Å². The van der Waals surface area contributed by atoms with Crippen molar-refractivity contribution in [1.29, 1.82) is 0 Å². The van der Waals surface area contributed by atoms with Crippen molar-refractivity contribution in [1.82, 2.24) is 0 Å². The first-order valence-corrected chi connectivity index (χ1v) is 7.64. The molecule has 106 valence electrons. The molecule has 0 N–H and O–H groups in total. The van der Waals surface area contributed by atoms with E-state index in [-0.39, 0.29) is 11.8 Å². The third kappa shape index (κ3) is 2.61. The average Bonchev–Trinajstić information content (AvgIpc) is 2.77. The summed E-state index contributed by atoms with van der Waals surface area (Å²) in [4.78, 5) is 24.7. The highest BCUT2D eigenvalue weighted by atomic mass is 32.1. The number of esters is 1. The van der Waals surface area contributed by atoms with Gasteiger partial charge < -0.3 is 4.74 Å². The molecule has 3 nitrogen and oxygen atoms in total. The van der Waals surface area contributed by atoms with Crippen molar-refractivity contribution in [3.8, 4) is 0 Å². The van der Waals surface area contributed by atoms with E-state index in [4.69, 9.17) is 4.74 Å². The standard InChI is InChI=1S/C16H18O3S/c1-4-7-13(17)12-9-6-8-11-10(3)14(20-15(11)12)16(18)19-5-2/h6,8-9H,4-5,7H2,1-3H3. The van der Waals surface area contributed by atoms with E-state index < -0.39 is 0 Å². The van der Waals surface area contributed by atoms with Crippen LogP contribution in [0.2, 0.25) is 0 Å². The van der Waals surface area contributed by atoms with Gasteiger partial charge in [0.15, 0.2) is 5.78 Å². The fraction of sp³-hybridized carbons (Fsp3) is 0.375. The van der Waals surface area contributed by atoms with Crippen LogP contribution < -0.4 is 0 Å². The number of thiophene rings is 1. The Labute approximate surface area is 122 Å². The quantitative estimate of drug-likeness (QED) is 0.606. The number of carbonyl (C=O) groups excluding carboxylic acids is 2. The molecule has 2 rings (SSSR count). The van der Waals surface area contributed by atoms with Crippen molar-refractivity contribution in [2.24, 2.45) is 0 Å². The first kappa shape index (κ1) is 14.7. The predicted octanol–water partition coefficient (Wildman–Crippen LogP) is 4.37. The van der Waals surface area contributed by atoms with Crippen molar-refractivity contribution in [3.05, 3.63) is 34.2 Å². The van der Waals surface area contributed by atoms with Gasteiger partial charge in [0.2, 0.25) is 0 Å². The Balaban J connectivity index is 2.56. The Hall–Kier alpha value is -1.68. The molecule has 0 saturated carbocycles. The van der Waals surface area contributed by atoms with Gasteiger partial charge in [-0.25, -0.2) is 4.79 Å². The first-order chi connectivity index (χ1) is 9.60. The molecule has 0 fully saturated rings. The number of fused-ring (bicyclic) bond motifs is 1. The number of hydrogen-bond acceptors (Lipinski definition) is 4. The molecular formula is C16H18O3S. The minimum absolute atomic E-state index is 0.134. The van der Waals surface area contributed by atoms with Crippen LogP contribution in [0.4, 0.5) is 0 Å². The molecule has 0 spiro atoms. The van der Waals surface area contributed by atoms with Crippen LogP contribution in [0.5, 0.6) is 0 Å². The smallest absolute Gasteiger partial charge is 0.348 e. The second-order valence-electron chi connectivity index (χ2n) is 4.63. The molecule has 20 heavy (non-hydrogen) atoms. The van der Waals surface area contributed by atoms with E-state index in [1.165, 1.54) is 11.3 Å². The summed E-state index contributed by atoms with van der Waals surface area (Å²) in [5, 5.41) is 0.972. The Kier molecular flexibility index (Phi) is 4.55. The summed E-state index contributed by atoms with van der Waals surface area (Å²) in [5.74, 6) is -0.171. The zero-order chi connectivity index (χ0) is 14.7. The molecule has 1 aromatic carbocycles. The number of hydrogen-bond donors (Lipinski definition) is 0. The SMILES string of the molecule is CCCC(=O)c1cccc2c(C)c(C(=O)OCC)sc12. The number of aryl methyl sites for hydroxylation is 1. The van der Waals surface area contributed by atoms with Crippen molar-refractivity contribution in [3.63, 3.8) is 0 Å². The zero-order valence-electron chi connectivity index (χ0n) is 12.0. The topological polar surface area (TPSA) is 43.4 Å². The van der Waals surface area contributed by atoms with Crippen molar-refractivity contribution in [2.45, 2.75) is 33.6 Å². The minimum Gasteiger partial charge on any atom is -0.462 e. The van der Waals surface area contributed by atoms with Crippen LogP contribution >= 0.6 is 11.3 Å². The molecule has 0 bridgehead atoms. The van der Waals surface area contributed by atoms with E-state index in [1.54, 1.807) is 6.92 Å². The number of ketones is 1. The highest BCUT2D eigenvalue weighted by molar-refractivity contribution is 7.21. The van der Waals surface area contributed by atoms with E-state index in [9.17, 15) is 9.59 Å². The van der Waals surface area contributed by atoms with Gasteiger partial charge in [-0.05, 0) is 37.3 Å². The second kappa shape index (κ2) is 6.18. The van der Waals surface area contributed by atoms with Gasteiger partial charge in [0, 0.05) is 16.7 Å². The summed E-state index contributed by atoms with van der Waals surface area (Å²) in [6.07, 6.45) is 1.36. The minimum atomic E-state index is -0.305. The van der Waals surface area contributed by atoms with Gasteiger partial charge in [-0.15, -0.1) is 11.3 Å². The number of Topliss-reactive ketones (excluding diaryl/α,β-unsaturated/α-hetero) is 1. The van der Waals surface area contributed by atoms with Crippen molar-refractivity contribution in [2.75, 3.05) is 6.61 Å². The Morgan fingerprint density at radius 3 is 2.65 bits per heavy atom. The average molecular weight is 290 g/mol. The van der Waals surface area contributed by atoms with E-state index in [0.717, 1.165) is 22.1 Å². The van der Waals surface area contributed by atoms with E-state index >= 15 is 0 Å². The molecule has 0 aliphatic carbocycles. The van der Waals surface area contributed by atoms with Gasteiger partial charge in [-0.1, -0.05) is 19.1 Å². The fourth-order valence-electron chi connectivity index (χ4n) is 2.22. The van der Waals surface area contributed by atoms with Gasteiger partial charge >= 0.3 is 5.97 Å². The largest absolute Gasteiger partial charge is 0.462 e. The van der Waals surface area contributed by atoms with Crippen molar-refractivity contribution < 1.29 is 14.3 Å². The molecule has 4 heteroatoms. The van der Waals surface area contributed by atoms with Gasteiger partial charge in [0.05, 0.1) is 6.61 Å². The van der Waals surface area contributed by atoms with Gasteiger partial charge in [0.1, 0.15) is 4.88 Å². The normalized spacial score (nSPS) is 10.8.